The van der Waals surface area contributed by atoms with Crippen LogP contribution in [-0.2, 0) is 4.79 Å². The summed E-state index contributed by atoms with van der Waals surface area (Å²) in [4.78, 5) is 22.5. The predicted molar refractivity (Wildman–Crippen MR) is 113 cm³/mol. The Morgan fingerprint density at radius 2 is 2.04 bits per heavy atom. The SMILES string of the molecule is COc1ccc(C)c2sc(N3CCN(C(=O)/C=C/c4cccs4)CC3)nc12. The fraction of sp³-hybridized carbons (Fsp3) is 0.300. The Kier molecular flexibility index (Phi) is 5.13. The van der Waals surface area contributed by atoms with Gasteiger partial charge < -0.3 is 14.5 Å². The molecule has 1 aliphatic rings. The van der Waals surface area contributed by atoms with Gasteiger partial charge in [-0.3, -0.25) is 4.79 Å². The van der Waals surface area contributed by atoms with Crippen LogP contribution in [0.15, 0.2) is 35.7 Å². The van der Waals surface area contributed by atoms with Gasteiger partial charge in [-0.05, 0) is 36.1 Å². The number of methoxy groups -OCH3 is 1. The van der Waals surface area contributed by atoms with E-state index in [1.165, 1.54) is 10.3 Å². The van der Waals surface area contributed by atoms with Gasteiger partial charge in [-0.15, -0.1) is 11.3 Å². The van der Waals surface area contributed by atoms with Crippen LogP contribution in [0.1, 0.15) is 10.4 Å². The fourth-order valence-electron chi connectivity index (χ4n) is 3.16. The van der Waals surface area contributed by atoms with E-state index < -0.39 is 0 Å². The van der Waals surface area contributed by atoms with Gasteiger partial charge in [0.25, 0.3) is 0 Å². The van der Waals surface area contributed by atoms with Crippen molar-refractivity contribution in [1.29, 1.82) is 0 Å². The average Bonchev–Trinajstić information content (AvgIpc) is 3.37. The van der Waals surface area contributed by atoms with E-state index in [-0.39, 0.29) is 5.91 Å². The van der Waals surface area contributed by atoms with Crippen molar-refractivity contribution < 1.29 is 9.53 Å². The molecule has 0 atom stereocenters. The predicted octanol–water partition coefficient (Wildman–Crippen LogP) is 4.04. The number of nitrogens with zero attached hydrogens (tertiary/aromatic N) is 3. The summed E-state index contributed by atoms with van der Waals surface area (Å²) in [5.41, 5.74) is 2.14. The molecule has 0 N–H and O–H groups in total. The number of fused-ring (bicyclic) bond motifs is 1. The van der Waals surface area contributed by atoms with Crippen LogP contribution in [0, 0.1) is 6.92 Å². The first-order valence-electron chi connectivity index (χ1n) is 8.85. The van der Waals surface area contributed by atoms with Crippen LogP contribution in [0.3, 0.4) is 0 Å². The molecule has 0 spiro atoms. The number of ether oxygens (including phenoxy) is 1. The smallest absolute Gasteiger partial charge is 0.246 e. The van der Waals surface area contributed by atoms with Gasteiger partial charge in [0.2, 0.25) is 5.91 Å². The van der Waals surface area contributed by atoms with Gasteiger partial charge in [-0.1, -0.05) is 23.5 Å². The Morgan fingerprint density at radius 3 is 2.74 bits per heavy atom. The van der Waals surface area contributed by atoms with Crippen LogP contribution in [0.4, 0.5) is 5.13 Å². The Hall–Kier alpha value is -2.38. The number of amides is 1. The van der Waals surface area contributed by atoms with Gasteiger partial charge in [0.15, 0.2) is 5.13 Å². The van der Waals surface area contributed by atoms with Gasteiger partial charge in [-0.25, -0.2) is 4.98 Å². The molecule has 0 unspecified atom stereocenters. The van der Waals surface area contributed by atoms with Crippen molar-refractivity contribution in [3.05, 3.63) is 46.2 Å². The second-order valence-electron chi connectivity index (χ2n) is 6.42. The third-order valence-corrected chi connectivity index (χ3v) is 6.80. The summed E-state index contributed by atoms with van der Waals surface area (Å²) >= 11 is 3.33. The quantitative estimate of drug-likeness (QED) is 0.621. The molecule has 3 heterocycles. The molecule has 140 valence electrons. The molecule has 3 aromatic rings. The summed E-state index contributed by atoms with van der Waals surface area (Å²) in [6.45, 7) is 5.10. The van der Waals surface area contributed by atoms with Crippen molar-refractivity contribution in [1.82, 2.24) is 9.88 Å². The Balaban J connectivity index is 1.44. The highest BCUT2D eigenvalue weighted by molar-refractivity contribution is 7.22. The summed E-state index contributed by atoms with van der Waals surface area (Å²) in [6.07, 6.45) is 3.56. The molecule has 1 fully saturated rings. The van der Waals surface area contributed by atoms with Gasteiger partial charge in [0, 0.05) is 37.1 Å². The van der Waals surface area contributed by atoms with Crippen molar-refractivity contribution >= 4 is 50.0 Å². The maximum Gasteiger partial charge on any atom is 0.246 e. The first kappa shape index (κ1) is 18.0. The highest BCUT2D eigenvalue weighted by Gasteiger charge is 2.23. The van der Waals surface area contributed by atoms with Crippen LogP contribution in [0.25, 0.3) is 16.3 Å². The molecular weight excluding hydrogens is 378 g/mol. The van der Waals surface area contributed by atoms with Gasteiger partial charge >= 0.3 is 0 Å². The summed E-state index contributed by atoms with van der Waals surface area (Å²) in [6, 6.07) is 8.04. The first-order valence-corrected chi connectivity index (χ1v) is 10.5. The Bertz CT molecular complexity index is 971. The second kappa shape index (κ2) is 7.70. The normalized spacial score (nSPS) is 15.0. The summed E-state index contributed by atoms with van der Waals surface area (Å²) in [5.74, 6) is 0.885. The molecule has 27 heavy (non-hydrogen) atoms. The molecule has 7 heteroatoms. The number of carbonyl (C=O) groups is 1. The third kappa shape index (κ3) is 3.70. The topological polar surface area (TPSA) is 45.7 Å². The first-order chi connectivity index (χ1) is 13.2. The van der Waals surface area contributed by atoms with E-state index in [9.17, 15) is 4.79 Å². The van der Waals surface area contributed by atoms with Gasteiger partial charge in [0.05, 0.1) is 11.8 Å². The summed E-state index contributed by atoms with van der Waals surface area (Å²) in [5, 5.41) is 3.01. The number of hydrogen-bond acceptors (Lipinski definition) is 6. The molecule has 1 aromatic carbocycles. The minimum Gasteiger partial charge on any atom is -0.494 e. The summed E-state index contributed by atoms with van der Waals surface area (Å²) in [7, 11) is 1.68. The molecular formula is C20H21N3O2S2. The minimum absolute atomic E-state index is 0.0739. The molecule has 4 rings (SSSR count). The molecule has 5 nitrogen and oxygen atoms in total. The highest BCUT2D eigenvalue weighted by atomic mass is 32.1. The van der Waals surface area contributed by atoms with E-state index in [0.717, 1.165) is 34.4 Å². The molecule has 1 aliphatic heterocycles. The number of thiophene rings is 1. The Morgan fingerprint density at radius 1 is 1.22 bits per heavy atom. The molecule has 1 saturated heterocycles. The number of aromatic nitrogens is 1. The number of thiazole rings is 1. The van der Waals surface area contributed by atoms with E-state index in [1.807, 2.05) is 34.6 Å². The summed E-state index contributed by atoms with van der Waals surface area (Å²) < 4.78 is 6.62. The monoisotopic (exact) mass is 399 g/mol. The number of aryl methyl sites for hydroxylation is 1. The number of anilines is 1. The van der Waals surface area contributed by atoms with Crippen LogP contribution in [-0.4, -0.2) is 49.1 Å². The van der Waals surface area contributed by atoms with Crippen molar-refractivity contribution in [2.75, 3.05) is 38.2 Å². The van der Waals surface area contributed by atoms with Gasteiger partial charge in [-0.2, -0.15) is 0 Å². The third-order valence-electron chi connectivity index (χ3n) is 4.71. The van der Waals surface area contributed by atoms with E-state index in [2.05, 4.69) is 17.9 Å². The number of hydrogen-bond donors (Lipinski definition) is 0. The van der Waals surface area contributed by atoms with E-state index in [1.54, 1.807) is 35.9 Å². The average molecular weight is 400 g/mol. The molecule has 0 radical (unpaired) electrons. The zero-order valence-corrected chi connectivity index (χ0v) is 17.0. The zero-order valence-electron chi connectivity index (χ0n) is 15.3. The van der Waals surface area contributed by atoms with Crippen LogP contribution >= 0.6 is 22.7 Å². The van der Waals surface area contributed by atoms with E-state index >= 15 is 0 Å². The largest absolute Gasteiger partial charge is 0.494 e. The lowest BCUT2D eigenvalue weighted by atomic mass is 10.2. The Labute approximate surface area is 166 Å². The van der Waals surface area contributed by atoms with Crippen molar-refractivity contribution in [2.24, 2.45) is 0 Å². The van der Waals surface area contributed by atoms with E-state index in [4.69, 9.17) is 9.72 Å². The van der Waals surface area contributed by atoms with Crippen molar-refractivity contribution in [3.63, 3.8) is 0 Å². The zero-order chi connectivity index (χ0) is 18.8. The number of piperazine rings is 1. The van der Waals surface area contributed by atoms with Crippen LogP contribution < -0.4 is 9.64 Å². The maximum atomic E-state index is 12.4. The molecule has 0 bridgehead atoms. The van der Waals surface area contributed by atoms with Crippen LogP contribution in [0.2, 0.25) is 0 Å². The van der Waals surface area contributed by atoms with E-state index in [0.29, 0.717) is 13.1 Å². The number of benzene rings is 1. The fourth-order valence-corrected chi connectivity index (χ4v) is 4.88. The molecule has 1 amide bonds. The lowest BCUT2D eigenvalue weighted by molar-refractivity contribution is -0.126. The van der Waals surface area contributed by atoms with Crippen molar-refractivity contribution in [3.8, 4) is 5.75 Å². The minimum atomic E-state index is 0.0739. The maximum absolute atomic E-state index is 12.4. The second-order valence-corrected chi connectivity index (χ2v) is 8.38. The lowest BCUT2D eigenvalue weighted by Gasteiger charge is -2.34. The number of carbonyl (C=O) groups excluding carboxylic acids is 1. The molecule has 2 aromatic heterocycles. The number of rotatable bonds is 4. The highest BCUT2D eigenvalue weighted by Crippen LogP contribution is 2.36. The van der Waals surface area contributed by atoms with Crippen molar-refractivity contribution in [2.45, 2.75) is 6.92 Å². The van der Waals surface area contributed by atoms with Crippen LogP contribution in [0.5, 0.6) is 5.75 Å². The van der Waals surface area contributed by atoms with Gasteiger partial charge in [0.1, 0.15) is 11.3 Å². The lowest BCUT2D eigenvalue weighted by Crippen LogP contribution is -2.48. The standard InChI is InChI=1S/C20H21N3O2S2/c1-14-5-7-16(25-2)18-19(14)27-20(21-18)23-11-9-22(10-12-23)17(24)8-6-15-4-3-13-26-15/h3-8,13H,9-12H2,1-2H3/b8-6+. The molecule has 0 aliphatic carbocycles. The molecule has 0 saturated carbocycles.